The number of benzene rings is 2. The molecule has 0 spiro atoms. The lowest BCUT2D eigenvalue weighted by molar-refractivity contribution is 0.407. The summed E-state index contributed by atoms with van der Waals surface area (Å²) in [6.45, 7) is 3.70. The molecule has 0 aromatic heterocycles. The van der Waals surface area contributed by atoms with Crippen LogP contribution in [0.2, 0.25) is 0 Å². The van der Waals surface area contributed by atoms with E-state index in [1.807, 2.05) is 12.1 Å². The van der Waals surface area contributed by atoms with E-state index in [-0.39, 0.29) is 0 Å². The zero-order chi connectivity index (χ0) is 15.1. The van der Waals surface area contributed by atoms with Crippen molar-refractivity contribution in [2.45, 2.75) is 19.9 Å². The molecule has 0 atom stereocenters. The standard InChI is InChI=1S/C18H20N2O/c1-14-4-3-5-15(10-14)8-9-20-13-17-11-16(12-19)6-7-18(17)21-2/h3-7,10-11,20H,8-9,13H2,1-2H3. The molecule has 0 saturated heterocycles. The number of nitrogens with one attached hydrogen (secondary N) is 1. The van der Waals surface area contributed by atoms with Crippen molar-refractivity contribution in [1.29, 1.82) is 5.26 Å². The molecule has 0 radical (unpaired) electrons. The summed E-state index contributed by atoms with van der Waals surface area (Å²) in [5, 5.41) is 12.4. The van der Waals surface area contributed by atoms with Gasteiger partial charge in [0.15, 0.2) is 0 Å². The molecule has 1 N–H and O–H groups in total. The van der Waals surface area contributed by atoms with Crippen LogP contribution in [0, 0.1) is 18.3 Å². The van der Waals surface area contributed by atoms with E-state index in [2.05, 4.69) is 42.6 Å². The molecule has 2 aromatic rings. The number of aryl methyl sites for hydroxylation is 1. The van der Waals surface area contributed by atoms with Crippen molar-refractivity contribution in [3.63, 3.8) is 0 Å². The Morgan fingerprint density at radius 2 is 2.05 bits per heavy atom. The minimum Gasteiger partial charge on any atom is -0.496 e. The van der Waals surface area contributed by atoms with E-state index in [1.165, 1.54) is 11.1 Å². The van der Waals surface area contributed by atoms with Crippen LogP contribution in [0.5, 0.6) is 5.75 Å². The van der Waals surface area contributed by atoms with E-state index in [0.29, 0.717) is 12.1 Å². The Hall–Kier alpha value is -2.31. The van der Waals surface area contributed by atoms with Gasteiger partial charge in [-0.25, -0.2) is 0 Å². The van der Waals surface area contributed by atoms with Gasteiger partial charge in [0, 0.05) is 12.1 Å². The van der Waals surface area contributed by atoms with Gasteiger partial charge >= 0.3 is 0 Å². The number of hydrogen-bond donors (Lipinski definition) is 1. The van der Waals surface area contributed by atoms with E-state index < -0.39 is 0 Å². The van der Waals surface area contributed by atoms with Gasteiger partial charge in [-0.15, -0.1) is 0 Å². The summed E-state index contributed by atoms with van der Waals surface area (Å²) in [7, 11) is 1.65. The lowest BCUT2D eigenvalue weighted by atomic mass is 10.1. The average molecular weight is 280 g/mol. The van der Waals surface area contributed by atoms with Crippen LogP contribution in [0.15, 0.2) is 42.5 Å². The Morgan fingerprint density at radius 1 is 1.19 bits per heavy atom. The van der Waals surface area contributed by atoms with Gasteiger partial charge in [0.1, 0.15) is 5.75 Å². The van der Waals surface area contributed by atoms with Crippen LogP contribution in [-0.2, 0) is 13.0 Å². The van der Waals surface area contributed by atoms with Gasteiger partial charge in [0.25, 0.3) is 0 Å². The Bertz CT molecular complexity index is 644. The molecule has 0 amide bonds. The highest BCUT2D eigenvalue weighted by molar-refractivity contribution is 5.42. The fourth-order valence-electron chi connectivity index (χ4n) is 2.31. The van der Waals surface area contributed by atoms with Crippen molar-refractivity contribution in [3.05, 3.63) is 64.7 Å². The Morgan fingerprint density at radius 3 is 2.76 bits per heavy atom. The predicted molar refractivity (Wildman–Crippen MR) is 84.3 cm³/mol. The van der Waals surface area contributed by atoms with Crippen LogP contribution >= 0.6 is 0 Å². The molecule has 0 aliphatic rings. The molecular formula is C18H20N2O. The Labute approximate surface area is 126 Å². The first-order valence-electron chi connectivity index (χ1n) is 7.06. The fraction of sp³-hybridized carbons (Fsp3) is 0.278. The van der Waals surface area contributed by atoms with E-state index in [0.717, 1.165) is 24.3 Å². The highest BCUT2D eigenvalue weighted by Gasteiger charge is 2.04. The maximum Gasteiger partial charge on any atom is 0.123 e. The highest BCUT2D eigenvalue weighted by Crippen LogP contribution is 2.19. The smallest absolute Gasteiger partial charge is 0.123 e. The van der Waals surface area contributed by atoms with E-state index >= 15 is 0 Å². The average Bonchev–Trinajstić information content (AvgIpc) is 2.51. The molecule has 2 aromatic carbocycles. The van der Waals surface area contributed by atoms with Gasteiger partial charge in [0.05, 0.1) is 18.7 Å². The number of hydrogen-bond acceptors (Lipinski definition) is 3. The zero-order valence-electron chi connectivity index (χ0n) is 12.5. The fourth-order valence-corrected chi connectivity index (χ4v) is 2.31. The predicted octanol–water partition coefficient (Wildman–Crippen LogP) is 3.21. The lowest BCUT2D eigenvalue weighted by Crippen LogP contribution is -2.17. The molecule has 2 rings (SSSR count). The molecular weight excluding hydrogens is 260 g/mol. The van der Waals surface area contributed by atoms with Gasteiger partial charge in [-0.2, -0.15) is 5.26 Å². The maximum absolute atomic E-state index is 8.96. The summed E-state index contributed by atoms with van der Waals surface area (Å²) in [5.74, 6) is 0.817. The molecule has 108 valence electrons. The van der Waals surface area contributed by atoms with Crippen LogP contribution in [-0.4, -0.2) is 13.7 Å². The van der Waals surface area contributed by atoms with E-state index in [9.17, 15) is 0 Å². The molecule has 21 heavy (non-hydrogen) atoms. The highest BCUT2D eigenvalue weighted by atomic mass is 16.5. The van der Waals surface area contributed by atoms with E-state index in [4.69, 9.17) is 10.00 Å². The summed E-state index contributed by atoms with van der Waals surface area (Å²) in [6, 6.07) is 16.2. The second-order valence-corrected chi connectivity index (χ2v) is 5.05. The number of nitriles is 1. The quantitative estimate of drug-likeness (QED) is 0.826. The van der Waals surface area contributed by atoms with Crippen LogP contribution in [0.4, 0.5) is 0 Å². The molecule has 0 aliphatic heterocycles. The number of methoxy groups -OCH3 is 1. The monoisotopic (exact) mass is 280 g/mol. The second-order valence-electron chi connectivity index (χ2n) is 5.05. The first-order chi connectivity index (χ1) is 10.2. The molecule has 3 nitrogen and oxygen atoms in total. The first-order valence-corrected chi connectivity index (χ1v) is 7.06. The minimum absolute atomic E-state index is 0.659. The second kappa shape index (κ2) is 7.47. The topological polar surface area (TPSA) is 45.0 Å². The van der Waals surface area contributed by atoms with Crippen LogP contribution in [0.1, 0.15) is 22.3 Å². The van der Waals surface area contributed by atoms with Crippen molar-refractivity contribution in [1.82, 2.24) is 5.32 Å². The lowest BCUT2D eigenvalue weighted by Gasteiger charge is -2.10. The number of nitrogens with zero attached hydrogens (tertiary/aromatic N) is 1. The van der Waals surface area contributed by atoms with Crippen LogP contribution in [0.25, 0.3) is 0 Å². The van der Waals surface area contributed by atoms with Crippen molar-refractivity contribution >= 4 is 0 Å². The SMILES string of the molecule is COc1ccc(C#N)cc1CNCCc1cccc(C)c1. The third-order valence-corrected chi connectivity index (χ3v) is 3.40. The molecule has 0 saturated carbocycles. The molecule has 0 bridgehead atoms. The van der Waals surface area contributed by atoms with E-state index in [1.54, 1.807) is 13.2 Å². The van der Waals surface area contributed by atoms with Gasteiger partial charge in [-0.05, 0) is 43.7 Å². The Balaban J connectivity index is 1.90. The van der Waals surface area contributed by atoms with Crippen molar-refractivity contribution in [2.75, 3.05) is 13.7 Å². The van der Waals surface area contributed by atoms with Crippen LogP contribution in [0.3, 0.4) is 0 Å². The molecule has 0 unspecified atom stereocenters. The van der Waals surface area contributed by atoms with Crippen molar-refractivity contribution < 1.29 is 4.74 Å². The normalized spacial score (nSPS) is 10.1. The zero-order valence-corrected chi connectivity index (χ0v) is 12.5. The summed E-state index contributed by atoms with van der Waals surface area (Å²) < 4.78 is 5.33. The third kappa shape index (κ3) is 4.34. The van der Waals surface area contributed by atoms with Crippen molar-refractivity contribution in [3.8, 4) is 11.8 Å². The summed E-state index contributed by atoms with van der Waals surface area (Å²) >= 11 is 0. The van der Waals surface area contributed by atoms with Gasteiger partial charge < -0.3 is 10.1 Å². The number of rotatable bonds is 6. The maximum atomic E-state index is 8.96. The summed E-state index contributed by atoms with van der Waals surface area (Å²) in [6.07, 6.45) is 0.988. The first kappa shape index (κ1) is 15.1. The van der Waals surface area contributed by atoms with Crippen LogP contribution < -0.4 is 10.1 Å². The largest absolute Gasteiger partial charge is 0.496 e. The van der Waals surface area contributed by atoms with Gasteiger partial charge in [0.2, 0.25) is 0 Å². The number of ether oxygens (including phenoxy) is 1. The van der Waals surface area contributed by atoms with Crippen molar-refractivity contribution in [2.24, 2.45) is 0 Å². The summed E-state index contributed by atoms with van der Waals surface area (Å²) in [4.78, 5) is 0. The van der Waals surface area contributed by atoms with Gasteiger partial charge in [-0.3, -0.25) is 0 Å². The molecule has 3 heteroatoms. The Kier molecular flexibility index (Phi) is 5.36. The van der Waals surface area contributed by atoms with Gasteiger partial charge in [-0.1, -0.05) is 29.8 Å². The minimum atomic E-state index is 0.659. The third-order valence-electron chi connectivity index (χ3n) is 3.40. The summed E-state index contributed by atoms with van der Waals surface area (Å²) in [5.41, 5.74) is 4.29. The molecule has 0 aliphatic carbocycles. The molecule has 0 heterocycles. The molecule has 0 fully saturated rings.